The van der Waals surface area contributed by atoms with Crippen LogP contribution in [0, 0.1) is 0 Å². The van der Waals surface area contributed by atoms with Gasteiger partial charge >= 0.3 is 5.97 Å². The number of carbonyl (C=O) groups excluding carboxylic acids is 1. The van der Waals surface area contributed by atoms with Crippen LogP contribution in [0.1, 0.15) is 29.2 Å². The third-order valence-electron chi connectivity index (χ3n) is 4.08. The smallest absolute Gasteiger partial charge is 0.338 e. The summed E-state index contributed by atoms with van der Waals surface area (Å²) in [5.74, 6) is 0.863. The summed E-state index contributed by atoms with van der Waals surface area (Å²) in [7, 11) is 0. The molecular weight excluding hydrogens is 336 g/mol. The van der Waals surface area contributed by atoms with Crippen LogP contribution >= 0.6 is 0 Å². The van der Waals surface area contributed by atoms with Crippen LogP contribution in [0.5, 0.6) is 11.5 Å². The zero-order valence-corrected chi connectivity index (χ0v) is 14.0. The number of aromatic nitrogens is 2. The van der Waals surface area contributed by atoms with Gasteiger partial charge in [-0.1, -0.05) is 12.1 Å². The van der Waals surface area contributed by atoms with Gasteiger partial charge < -0.3 is 19.2 Å². The highest BCUT2D eigenvalue weighted by atomic mass is 16.6. The predicted molar refractivity (Wildman–Crippen MR) is 93.6 cm³/mol. The number of nitrogens with zero attached hydrogens (tertiary/aromatic N) is 1. The number of ether oxygens (including phenoxy) is 3. The number of benzene rings is 2. The molecule has 132 valence electrons. The Morgan fingerprint density at radius 3 is 2.77 bits per heavy atom. The van der Waals surface area contributed by atoms with Crippen LogP contribution in [-0.2, 0) is 4.74 Å². The van der Waals surface area contributed by atoms with E-state index >= 15 is 0 Å². The minimum absolute atomic E-state index is 0.271. The lowest BCUT2D eigenvalue weighted by Gasteiger charge is -2.19. The molecule has 0 saturated heterocycles. The average Bonchev–Trinajstić information content (AvgIpc) is 2.67. The van der Waals surface area contributed by atoms with Crippen molar-refractivity contribution in [3.63, 3.8) is 0 Å². The van der Waals surface area contributed by atoms with E-state index in [0.717, 1.165) is 0 Å². The molecule has 26 heavy (non-hydrogen) atoms. The van der Waals surface area contributed by atoms with Gasteiger partial charge in [-0.3, -0.25) is 4.79 Å². The van der Waals surface area contributed by atoms with Gasteiger partial charge in [-0.25, -0.2) is 9.78 Å². The largest absolute Gasteiger partial charge is 0.486 e. The van der Waals surface area contributed by atoms with Gasteiger partial charge in [0.2, 0.25) is 0 Å². The molecule has 0 spiro atoms. The molecule has 1 atom stereocenters. The highest BCUT2D eigenvalue weighted by Gasteiger charge is 2.19. The Hall–Kier alpha value is -3.35. The van der Waals surface area contributed by atoms with Crippen LogP contribution in [0.4, 0.5) is 0 Å². The molecule has 0 unspecified atom stereocenters. The van der Waals surface area contributed by atoms with E-state index in [1.54, 1.807) is 49.4 Å². The number of hydrogen-bond acceptors (Lipinski definition) is 6. The maximum absolute atomic E-state index is 12.4. The number of esters is 1. The van der Waals surface area contributed by atoms with Crippen LogP contribution in [0.15, 0.2) is 47.3 Å². The molecule has 0 fully saturated rings. The van der Waals surface area contributed by atoms with Gasteiger partial charge in [-0.2, -0.15) is 0 Å². The van der Waals surface area contributed by atoms with Gasteiger partial charge in [0.05, 0.1) is 16.5 Å². The van der Waals surface area contributed by atoms with Crippen molar-refractivity contribution < 1.29 is 19.0 Å². The molecule has 0 bridgehead atoms. The number of carbonyl (C=O) groups is 1. The van der Waals surface area contributed by atoms with Crippen molar-refractivity contribution in [1.29, 1.82) is 0 Å². The predicted octanol–water partition coefficient (Wildman–Crippen LogP) is 2.61. The number of H-pyrrole nitrogens is 1. The van der Waals surface area contributed by atoms with Crippen LogP contribution < -0.4 is 15.0 Å². The second-order valence-electron chi connectivity index (χ2n) is 5.87. The standard InChI is InChI=1S/C19H16N2O5/c1-11(17-20-14-5-3-2-4-13(14)18(22)21-17)26-19(23)12-6-7-15-16(10-12)25-9-8-24-15/h2-7,10-11H,8-9H2,1H3,(H,20,21,22)/t11-/m1/s1. The molecule has 1 N–H and O–H groups in total. The quantitative estimate of drug-likeness (QED) is 0.729. The highest BCUT2D eigenvalue weighted by molar-refractivity contribution is 5.90. The normalized spacial score (nSPS) is 14.0. The maximum Gasteiger partial charge on any atom is 0.338 e. The van der Waals surface area contributed by atoms with Crippen LogP contribution in [-0.4, -0.2) is 29.2 Å². The number of rotatable bonds is 3. The van der Waals surface area contributed by atoms with Crippen molar-refractivity contribution in [3.05, 3.63) is 64.2 Å². The lowest BCUT2D eigenvalue weighted by molar-refractivity contribution is 0.0319. The summed E-state index contributed by atoms with van der Waals surface area (Å²) >= 11 is 0. The molecule has 1 aromatic heterocycles. The second-order valence-corrected chi connectivity index (χ2v) is 5.87. The van der Waals surface area contributed by atoms with E-state index in [1.165, 1.54) is 0 Å². The number of nitrogens with one attached hydrogen (secondary N) is 1. The Kier molecular flexibility index (Phi) is 4.04. The average molecular weight is 352 g/mol. The van der Waals surface area contributed by atoms with Gasteiger partial charge in [0.1, 0.15) is 13.2 Å². The third kappa shape index (κ3) is 2.99. The Labute approximate surface area is 148 Å². The number of fused-ring (bicyclic) bond motifs is 2. The van der Waals surface area contributed by atoms with E-state index in [9.17, 15) is 9.59 Å². The van der Waals surface area contributed by atoms with E-state index < -0.39 is 12.1 Å². The van der Waals surface area contributed by atoms with E-state index in [0.29, 0.717) is 47.0 Å². The second kappa shape index (κ2) is 6.51. The molecule has 1 aliphatic rings. The molecular formula is C19H16N2O5. The first-order valence-electron chi connectivity index (χ1n) is 8.21. The maximum atomic E-state index is 12.4. The summed E-state index contributed by atoms with van der Waals surface area (Å²) in [5, 5.41) is 0.488. The summed E-state index contributed by atoms with van der Waals surface area (Å²) in [6, 6.07) is 11.9. The first kappa shape index (κ1) is 16.1. The van der Waals surface area contributed by atoms with E-state index in [2.05, 4.69) is 9.97 Å². The number of para-hydroxylation sites is 1. The van der Waals surface area contributed by atoms with Crippen molar-refractivity contribution in [1.82, 2.24) is 9.97 Å². The Balaban J connectivity index is 1.57. The zero-order valence-electron chi connectivity index (χ0n) is 14.0. The van der Waals surface area contributed by atoms with Crippen molar-refractivity contribution in [2.24, 2.45) is 0 Å². The van der Waals surface area contributed by atoms with Crippen LogP contribution in [0.25, 0.3) is 10.9 Å². The fourth-order valence-electron chi connectivity index (χ4n) is 2.75. The zero-order chi connectivity index (χ0) is 18.1. The van der Waals surface area contributed by atoms with Gasteiger partial charge in [0.15, 0.2) is 23.4 Å². The Morgan fingerprint density at radius 1 is 1.15 bits per heavy atom. The van der Waals surface area contributed by atoms with Gasteiger partial charge in [0, 0.05) is 0 Å². The molecule has 7 nitrogen and oxygen atoms in total. The molecule has 0 radical (unpaired) electrons. The topological polar surface area (TPSA) is 90.5 Å². The molecule has 1 aliphatic heterocycles. The fraction of sp³-hybridized carbons (Fsp3) is 0.211. The summed E-state index contributed by atoms with van der Waals surface area (Å²) in [5.41, 5.74) is 0.616. The van der Waals surface area contributed by atoms with Crippen molar-refractivity contribution >= 4 is 16.9 Å². The fourth-order valence-corrected chi connectivity index (χ4v) is 2.75. The van der Waals surface area contributed by atoms with Gasteiger partial charge in [-0.15, -0.1) is 0 Å². The first-order valence-corrected chi connectivity index (χ1v) is 8.21. The van der Waals surface area contributed by atoms with Crippen molar-refractivity contribution in [2.45, 2.75) is 13.0 Å². The van der Waals surface area contributed by atoms with Gasteiger partial charge in [0.25, 0.3) is 5.56 Å². The molecule has 0 aliphatic carbocycles. The summed E-state index contributed by atoms with van der Waals surface area (Å²) < 4.78 is 16.4. The molecule has 2 aromatic carbocycles. The van der Waals surface area contributed by atoms with Crippen LogP contribution in [0.3, 0.4) is 0 Å². The highest BCUT2D eigenvalue weighted by Crippen LogP contribution is 2.31. The van der Waals surface area contributed by atoms with E-state index in [-0.39, 0.29) is 5.56 Å². The monoisotopic (exact) mass is 352 g/mol. The summed E-state index contributed by atoms with van der Waals surface area (Å²) in [6.45, 7) is 2.57. The Bertz CT molecular complexity index is 1040. The van der Waals surface area contributed by atoms with E-state index in [4.69, 9.17) is 14.2 Å². The minimum atomic E-state index is -0.715. The molecule has 0 amide bonds. The first-order chi connectivity index (χ1) is 12.6. The van der Waals surface area contributed by atoms with E-state index in [1.807, 2.05) is 0 Å². The minimum Gasteiger partial charge on any atom is -0.486 e. The molecule has 3 aromatic rings. The molecule has 0 saturated carbocycles. The SMILES string of the molecule is C[C@@H](OC(=O)c1ccc2c(c1)OCCO2)c1nc2ccccc2c(=O)[nH]1. The van der Waals surface area contributed by atoms with Crippen LogP contribution in [0.2, 0.25) is 0 Å². The number of aromatic amines is 1. The molecule has 2 heterocycles. The summed E-state index contributed by atoms with van der Waals surface area (Å²) in [4.78, 5) is 31.6. The Morgan fingerprint density at radius 2 is 1.92 bits per heavy atom. The van der Waals surface area contributed by atoms with Crippen molar-refractivity contribution in [3.8, 4) is 11.5 Å². The lowest BCUT2D eigenvalue weighted by atomic mass is 10.2. The van der Waals surface area contributed by atoms with Gasteiger partial charge in [-0.05, 0) is 37.3 Å². The van der Waals surface area contributed by atoms with Crippen molar-refractivity contribution in [2.75, 3.05) is 13.2 Å². The summed E-state index contributed by atoms with van der Waals surface area (Å²) in [6.07, 6.45) is -0.715. The molecule has 4 rings (SSSR count). The third-order valence-corrected chi connectivity index (χ3v) is 4.08. The number of hydrogen-bond donors (Lipinski definition) is 1. The lowest BCUT2D eigenvalue weighted by Crippen LogP contribution is -2.18. The molecule has 7 heteroatoms.